The van der Waals surface area contributed by atoms with E-state index in [1.54, 1.807) is 0 Å². The number of hydrogen-bond donors (Lipinski definition) is 1. The van der Waals surface area contributed by atoms with Gasteiger partial charge in [-0.25, -0.2) is 0 Å². The Morgan fingerprint density at radius 3 is 2.62 bits per heavy atom. The largest absolute Gasteiger partial charge is 0.373 e. The molecule has 0 amide bonds. The number of hydrogen-bond acceptors (Lipinski definition) is 3. The van der Waals surface area contributed by atoms with Gasteiger partial charge in [-0.15, -0.1) is 0 Å². The van der Waals surface area contributed by atoms with Crippen molar-refractivity contribution in [3.63, 3.8) is 0 Å². The smallest absolute Gasteiger partial charge is 0.0753 e. The fraction of sp³-hybridized carbons (Fsp3) is 1.00. The van der Waals surface area contributed by atoms with E-state index in [0.717, 1.165) is 32.8 Å². The molecule has 0 saturated carbocycles. The molecule has 96 valence electrons. The van der Waals surface area contributed by atoms with Gasteiger partial charge in [0.05, 0.1) is 12.2 Å². The summed E-state index contributed by atoms with van der Waals surface area (Å²) in [6.07, 6.45) is 1.21. The quantitative estimate of drug-likeness (QED) is 0.775. The van der Waals surface area contributed by atoms with Crippen LogP contribution in [0.5, 0.6) is 0 Å². The van der Waals surface area contributed by atoms with Crippen molar-refractivity contribution in [2.45, 2.75) is 39.7 Å². The molecule has 3 nitrogen and oxygen atoms in total. The number of nitrogens with one attached hydrogen (secondary N) is 1. The third-order valence-corrected chi connectivity index (χ3v) is 3.57. The molecule has 0 bridgehead atoms. The first-order valence-electron chi connectivity index (χ1n) is 6.42. The van der Waals surface area contributed by atoms with Crippen LogP contribution in [0.4, 0.5) is 0 Å². The Hall–Kier alpha value is -0.120. The van der Waals surface area contributed by atoms with Crippen LogP contribution in [-0.2, 0) is 4.74 Å². The maximum Gasteiger partial charge on any atom is 0.0753 e. The molecule has 1 atom stereocenters. The number of rotatable bonds is 5. The van der Waals surface area contributed by atoms with Crippen LogP contribution in [0.25, 0.3) is 0 Å². The topological polar surface area (TPSA) is 24.5 Å². The number of nitrogens with zero attached hydrogens (tertiary/aromatic N) is 1. The van der Waals surface area contributed by atoms with Crippen molar-refractivity contribution in [3.05, 3.63) is 0 Å². The molecular weight excluding hydrogens is 200 g/mol. The predicted molar refractivity (Wildman–Crippen MR) is 68.8 cm³/mol. The van der Waals surface area contributed by atoms with E-state index in [1.165, 1.54) is 6.42 Å². The van der Waals surface area contributed by atoms with Crippen molar-refractivity contribution in [2.75, 3.05) is 39.8 Å². The molecule has 1 aliphatic heterocycles. The minimum Gasteiger partial charge on any atom is -0.373 e. The Bertz CT molecular complexity index is 218. The average molecular weight is 228 g/mol. The molecule has 1 unspecified atom stereocenters. The van der Waals surface area contributed by atoms with E-state index in [0.29, 0.717) is 5.41 Å². The number of morpholine rings is 1. The highest BCUT2D eigenvalue weighted by Crippen LogP contribution is 2.25. The van der Waals surface area contributed by atoms with Gasteiger partial charge in [0.25, 0.3) is 0 Å². The van der Waals surface area contributed by atoms with Crippen molar-refractivity contribution in [3.8, 4) is 0 Å². The Balaban J connectivity index is 2.51. The van der Waals surface area contributed by atoms with Gasteiger partial charge in [-0.05, 0) is 32.7 Å². The van der Waals surface area contributed by atoms with Crippen LogP contribution < -0.4 is 5.32 Å². The van der Waals surface area contributed by atoms with E-state index in [4.69, 9.17) is 4.74 Å². The first-order valence-corrected chi connectivity index (χ1v) is 6.42. The van der Waals surface area contributed by atoms with Crippen molar-refractivity contribution < 1.29 is 4.74 Å². The Morgan fingerprint density at radius 2 is 2.12 bits per heavy atom. The molecule has 16 heavy (non-hydrogen) atoms. The van der Waals surface area contributed by atoms with Crippen LogP contribution in [0.15, 0.2) is 0 Å². The van der Waals surface area contributed by atoms with Crippen LogP contribution in [0.2, 0.25) is 0 Å². The van der Waals surface area contributed by atoms with Gasteiger partial charge in [-0.1, -0.05) is 13.8 Å². The van der Waals surface area contributed by atoms with Gasteiger partial charge >= 0.3 is 0 Å². The van der Waals surface area contributed by atoms with E-state index >= 15 is 0 Å². The van der Waals surface area contributed by atoms with Crippen molar-refractivity contribution in [1.82, 2.24) is 10.2 Å². The minimum atomic E-state index is 0.0204. The van der Waals surface area contributed by atoms with Gasteiger partial charge in [0.2, 0.25) is 0 Å². The minimum absolute atomic E-state index is 0.0204. The summed E-state index contributed by atoms with van der Waals surface area (Å²) in [4.78, 5) is 2.55. The summed E-state index contributed by atoms with van der Waals surface area (Å²) in [7, 11) is 2.04. The van der Waals surface area contributed by atoms with Gasteiger partial charge in [-0.3, -0.25) is 4.90 Å². The highest BCUT2D eigenvalue weighted by molar-refractivity contribution is 4.85. The van der Waals surface area contributed by atoms with E-state index in [1.807, 2.05) is 7.05 Å². The molecule has 1 saturated heterocycles. The lowest BCUT2D eigenvalue weighted by Gasteiger charge is -2.42. The lowest BCUT2D eigenvalue weighted by Crippen LogP contribution is -2.52. The van der Waals surface area contributed by atoms with Crippen LogP contribution in [-0.4, -0.2) is 50.3 Å². The SMILES string of the molecule is CCC(C)(CNC)CN1CCOC(C)(C)C1. The maximum absolute atomic E-state index is 5.75. The van der Waals surface area contributed by atoms with E-state index < -0.39 is 0 Å². The second-order valence-corrected chi connectivity index (χ2v) is 6.01. The molecule has 0 radical (unpaired) electrons. The third kappa shape index (κ3) is 4.04. The summed E-state index contributed by atoms with van der Waals surface area (Å²) in [6, 6.07) is 0. The molecule has 1 fully saturated rings. The van der Waals surface area contributed by atoms with Crippen molar-refractivity contribution in [1.29, 1.82) is 0 Å². The monoisotopic (exact) mass is 228 g/mol. The van der Waals surface area contributed by atoms with Gasteiger partial charge in [0, 0.05) is 26.2 Å². The van der Waals surface area contributed by atoms with Crippen LogP contribution in [0.1, 0.15) is 34.1 Å². The Labute approximate surface area is 101 Å². The molecule has 1 aliphatic rings. The Morgan fingerprint density at radius 1 is 1.44 bits per heavy atom. The van der Waals surface area contributed by atoms with Gasteiger partial charge in [0.1, 0.15) is 0 Å². The van der Waals surface area contributed by atoms with Crippen LogP contribution in [0, 0.1) is 5.41 Å². The lowest BCUT2D eigenvalue weighted by molar-refractivity contribution is -0.0935. The standard InChI is InChI=1S/C13H28N2O/c1-6-13(4,9-14-5)11-15-7-8-16-12(2,3)10-15/h14H,6-11H2,1-5H3. The van der Waals surface area contributed by atoms with Gasteiger partial charge in [0.15, 0.2) is 0 Å². The zero-order valence-electron chi connectivity index (χ0n) is 11.6. The highest BCUT2D eigenvalue weighted by Gasteiger charge is 2.31. The second-order valence-electron chi connectivity index (χ2n) is 6.01. The van der Waals surface area contributed by atoms with Crippen LogP contribution in [0.3, 0.4) is 0 Å². The first kappa shape index (κ1) is 13.9. The van der Waals surface area contributed by atoms with Crippen molar-refractivity contribution >= 4 is 0 Å². The average Bonchev–Trinajstić information content (AvgIpc) is 2.16. The zero-order valence-corrected chi connectivity index (χ0v) is 11.6. The molecule has 0 aliphatic carbocycles. The molecule has 0 spiro atoms. The number of ether oxygens (including phenoxy) is 1. The summed E-state index contributed by atoms with van der Waals surface area (Å²) < 4.78 is 5.75. The summed E-state index contributed by atoms with van der Waals surface area (Å²) in [5, 5.41) is 3.31. The van der Waals surface area contributed by atoms with Gasteiger partial charge in [-0.2, -0.15) is 0 Å². The second kappa shape index (κ2) is 5.48. The maximum atomic E-state index is 5.75. The summed E-state index contributed by atoms with van der Waals surface area (Å²) in [6.45, 7) is 14.2. The molecule has 1 N–H and O–H groups in total. The predicted octanol–water partition coefficient (Wildman–Crippen LogP) is 1.73. The fourth-order valence-corrected chi connectivity index (χ4v) is 2.51. The molecule has 1 heterocycles. The summed E-state index contributed by atoms with van der Waals surface area (Å²) >= 11 is 0. The first-order chi connectivity index (χ1) is 7.41. The van der Waals surface area contributed by atoms with Gasteiger partial charge < -0.3 is 10.1 Å². The molecule has 0 aromatic heterocycles. The molecule has 0 aromatic carbocycles. The van der Waals surface area contributed by atoms with Crippen LogP contribution >= 0.6 is 0 Å². The molecule has 0 aromatic rings. The summed E-state index contributed by atoms with van der Waals surface area (Å²) in [5.41, 5.74) is 0.398. The molecule has 1 rings (SSSR count). The normalized spacial score (nSPS) is 25.3. The third-order valence-electron chi connectivity index (χ3n) is 3.57. The molecular formula is C13H28N2O. The summed E-state index contributed by atoms with van der Waals surface area (Å²) in [5.74, 6) is 0. The fourth-order valence-electron chi connectivity index (χ4n) is 2.51. The van der Waals surface area contributed by atoms with E-state index in [2.05, 4.69) is 37.9 Å². The van der Waals surface area contributed by atoms with E-state index in [9.17, 15) is 0 Å². The molecule has 3 heteroatoms. The highest BCUT2D eigenvalue weighted by atomic mass is 16.5. The Kier molecular flexibility index (Phi) is 4.77. The lowest BCUT2D eigenvalue weighted by atomic mass is 9.86. The van der Waals surface area contributed by atoms with E-state index in [-0.39, 0.29) is 5.60 Å². The zero-order chi connectivity index (χ0) is 12.2. The van der Waals surface area contributed by atoms with Crippen molar-refractivity contribution in [2.24, 2.45) is 5.41 Å².